The largest absolute Gasteiger partial charge is 0.480 e. The second-order valence-corrected chi connectivity index (χ2v) is 7.99. The Labute approximate surface area is 171 Å². The molecule has 1 atom stereocenters. The van der Waals surface area contributed by atoms with Crippen LogP contribution in [0.4, 0.5) is 11.6 Å². The number of piperazine rings is 1. The molecule has 1 unspecified atom stereocenters. The first kappa shape index (κ1) is 18.2. The predicted octanol–water partition coefficient (Wildman–Crippen LogP) is 2.12. The predicted molar refractivity (Wildman–Crippen MR) is 111 cm³/mol. The summed E-state index contributed by atoms with van der Waals surface area (Å²) in [6, 6.07) is 10.1. The quantitative estimate of drug-likeness (QED) is 0.796. The molecule has 0 N–H and O–H groups in total. The van der Waals surface area contributed by atoms with Gasteiger partial charge in [0.2, 0.25) is 0 Å². The van der Waals surface area contributed by atoms with Crippen LogP contribution in [0.1, 0.15) is 24.8 Å². The van der Waals surface area contributed by atoms with E-state index in [1.54, 1.807) is 6.33 Å². The summed E-state index contributed by atoms with van der Waals surface area (Å²) in [5.74, 6) is 2.93. The molecule has 2 saturated heterocycles. The van der Waals surface area contributed by atoms with Crippen LogP contribution in [0.3, 0.4) is 0 Å². The van der Waals surface area contributed by atoms with E-state index in [-0.39, 0.29) is 12.0 Å². The van der Waals surface area contributed by atoms with Gasteiger partial charge in [0, 0.05) is 45.3 Å². The Kier molecular flexibility index (Phi) is 4.96. The molecular formula is C22H27N5O2. The third-order valence-corrected chi connectivity index (χ3v) is 6.18. The number of hydrogen-bond acceptors (Lipinski definition) is 6. The molecule has 2 aromatic rings. The van der Waals surface area contributed by atoms with Gasteiger partial charge in [-0.3, -0.25) is 4.79 Å². The lowest BCUT2D eigenvalue weighted by molar-refractivity contribution is -0.139. The third kappa shape index (κ3) is 3.73. The molecule has 1 aromatic heterocycles. The second kappa shape index (κ2) is 7.89. The van der Waals surface area contributed by atoms with Crippen molar-refractivity contribution in [2.24, 2.45) is 0 Å². The molecule has 0 saturated carbocycles. The fraction of sp³-hybridized carbons (Fsp3) is 0.500. The van der Waals surface area contributed by atoms with Crippen molar-refractivity contribution >= 4 is 17.5 Å². The number of aryl methyl sites for hydroxylation is 1. The summed E-state index contributed by atoms with van der Waals surface area (Å²) in [5, 5.41) is 0. The first-order chi connectivity index (χ1) is 14.3. The molecule has 152 valence electrons. The van der Waals surface area contributed by atoms with E-state index in [4.69, 9.17) is 4.74 Å². The smallest absolute Gasteiger partial charge is 0.263 e. The molecular weight excluding hydrogens is 366 g/mol. The number of aromatic nitrogens is 2. The van der Waals surface area contributed by atoms with Crippen molar-refractivity contribution in [3.63, 3.8) is 0 Å². The lowest BCUT2D eigenvalue weighted by Gasteiger charge is -2.37. The maximum absolute atomic E-state index is 13.0. The van der Waals surface area contributed by atoms with Gasteiger partial charge < -0.3 is 19.4 Å². The molecule has 4 heterocycles. The van der Waals surface area contributed by atoms with Gasteiger partial charge in [-0.2, -0.15) is 0 Å². The van der Waals surface area contributed by atoms with Gasteiger partial charge in [-0.1, -0.05) is 18.2 Å². The number of fused-ring (bicyclic) bond motifs is 1. The van der Waals surface area contributed by atoms with Crippen molar-refractivity contribution in [3.05, 3.63) is 42.2 Å². The Morgan fingerprint density at radius 2 is 1.62 bits per heavy atom. The fourth-order valence-electron chi connectivity index (χ4n) is 4.49. The molecule has 3 aliphatic rings. The monoisotopic (exact) mass is 393 g/mol. The molecule has 5 rings (SSSR count). The Hall–Kier alpha value is -2.83. The highest BCUT2D eigenvalue weighted by Gasteiger charge is 2.32. The molecule has 7 heteroatoms. The number of rotatable bonds is 3. The van der Waals surface area contributed by atoms with Gasteiger partial charge in [-0.15, -0.1) is 0 Å². The maximum atomic E-state index is 13.0. The van der Waals surface area contributed by atoms with Gasteiger partial charge >= 0.3 is 0 Å². The standard InChI is InChI=1S/C22H27N5O2/c28-22(19-8-7-17-5-1-2-6-18(17)29-19)27-13-11-26(12-14-27)21-15-20(23-16-24-21)25-9-3-4-10-25/h1-2,5-6,15-16,19H,3-4,7-14H2. The molecule has 0 radical (unpaired) electrons. The summed E-state index contributed by atoms with van der Waals surface area (Å²) in [6.45, 7) is 5.11. The zero-order valence-electron chi connectivity index (χ0n) is 16.7. The first-order valence-corrected chi connectivity index (χ1v) is 10.6. The highest BCUT2D eigenvalue weighted by atomic mass is 16.5. The molecule has 7 nitrogen and oxygen atoms in total. The Balaban J connectivity index is 1.20. The number of hydrogen-bond donors (Lipinski definition) is 0. The number of amides is 1. The van der Waals surface area contributed by atoms with Crippen molar-refractivity contribution in [3.8, 4) is 5.75 Å². The molecule has 1 amide bonds. The van der Waals surface area contributed by atoms with Gasteiger partial charge in [-0.25, -0.2) is 9.97 Å². The summed E-state index contributed by atoms with van der Waals surface area (Å²) in [4.78, 5) is 28.4. The normalized spacial score (nSPS) is 21.7. The molecule has 3 aliphatic heterocycles. The maximum Gasteiger partial charge on any atom is 0.263 e. The SMILES string of the molecule is O=C(C1CCc2ccccc2O1)N1CCN(c2cc(N3CCCC3)ncn2)CC1. The van der Waals surface area contributed by atoms with Crippen molar-refractivity contribution in [2.75, 3.05) is 49.1 Å². The van der Waals surface area contributed by atoms with Crippen LogP contribution in [0.25, 0.3) is 0 Å². The van der Waals surface area contributed by atoms with Crippen LogP contribution in [0.15, 0.2) is 36.7 Å². The number of para-hydroxylation sites is 1. The van der Waals surface area contributed by atoms with Crippen molar-refractivity contribution in [1.29, 1.82) is 0 Å². The van der Waals surface area contributed by atoms with Crippen LogP contribution < -0.4 is 14.5 Å². The third-order valence-electron chi connectivity index (χ3n) is 6.18. The van der Waals surface area contributed by atoms with E-state index >= 15 is 0 Å². The molecule has 29 heavy (non-hydrogen) atoms. The van der Waals surface area contributed by atoms with Crippen LogP contribution in [-0.2, 0) is 11.2 Å². The molecule has 1 aromatic carbocycles. The van der Waals surface area contributed by atoms with Crippen LogP contribution >= 0.6 is 0 Å². The van der Waals surface area contributed by atoms with Gasteiger partial charge in [0.15, 0.2) is 6.10 Å². The van der Waals surface area contributed by atoms with Gasteiger partial charge in [-0.05, 0) is 37.3 Å². The van der Waals surface area contributed by atoms with Crippen molar-refractivity contribution in [1.82, 2.24) is 14.9 Å². The number of nitrogens with zero attached hydrogens (tertiary/aromatic N) is 5. The fourth-order valence-corrected chi connectivity index (χ4v) is 4.49. The average Bonchev–Trinajstić information content (AvgIpc) is 3.34. The van der Waals surface area contributed by atoms with Gasteiger partial charge in [0.05, 0.1) is 0 Å². The van der Waals surface area contributed by atoms with Crippen LogP contribution in [-0.4, -0.2) is 66.1 Å². The lowest BCUT2D eigenvalue weighted by atomic mass is 10.0. The van der Waals surface area contributed by atoms with Gasteiger partial charge in [0.1, 0.15) is 23.7 Å². The number of carbonyl (C=O) groups excluding carboxylic acids is 1. The number of ether oxygens (including phenoxy) is 1. The van der Waals surface area contributed by atoms with Crippen LogP contribution in [0.2, 0.25) is 0 Å². The Morgan fingerprint density at radius 1 is 0.931 bits per heavy atom. The number of carbonyl (C=O) groups is 1. The zero-order valence-corrected chi connectivity index (χ0v) is 16.7. The molecule has 2 fully saturated rings. The highest BCUT2D eigenvalue weighted by molar-refractivity contribution is 5.82. The van der Waals surface area contributed by atoms with E-state index in [0.29, 0.717) is 13.1 Å². The van der Waals surface area contributed by atoms with Crippen LogP contribution in [0.5, 0.6) is 5.75 Å². The molecule has 0 spiro atoms. The minimum atomic E-state index is -0.364. The zero-order chi connectivity index (χ0) is 19.6. The summed E-state index contributed by atoms with van der Waals surface area (Å²) >= 11 is 0. The average molecular weight is 393 g/mol. The molecule has 0 bridgehead atoms. The lowest BCUT2D eigenvalue weighted by Crippen LogP contribution is -2.53. The van der Waals surface area contributed by atoms with E-state index in [1.807, 2.05) is 23.1 Å². The van der Waals surface area contributed by atoms with E-state index in [9.17, 15) is 4.79 Å². The number of benzene rings is 1. The van der Waals surface area contributed by atoms with E-state index in [1.165, 1.54) is 18.4 Å². The second-order valence-electron chi connectivity index (χ2n) is 7.99. The molecule has 0 aliphatic carbocycles. The number of anilines is 2. The summed E-state index contributed by atoms with van der Waals surface area (Å²) in [6.07, 6.45) is 5.40. The highest BCUT2D eigenvalue weighted by Crippen LogP contribution is 2.28. The Morgan fingerprint density at radius 3 is 2.38 bits per heavy atom. The van der Waals surface area contributed by atoms with Crippen molar-refractivity contribution in [2.45, 2.75) is 31.8 Å². The Bertz CT molecular complexity index is 875. The topological polar surface area (TPSA) is 61.8 Å². The van der Waals surface area contributed by atoms with Gasteiger partial charge in [0.25, 0.3) is 5.91 Å². The first-order valence-electron chi connectivity index (χ1n) is 10.6. The summed E-state index contributed by atoms with van der Waals surface area (Å²) < 4.78 is 6.00. The van der Waals surface area contributed by atoms with Crippen molar-refractivity contribution < 1.29 is 9.53 Å². The van der Waals surface area contributed by atoms with E-state index < -0.39 is 0 Å². The van der Waals surface area contributed by atoms with Crippen LogP contribution in [0, 0.1) is 0 Å². The minimum absolute atomic E-state index is 0.111. The van der Waals surface area contributed by atoms with E-state index in [2.05, 4.69) is 31.9 Å². The summed E-state index contributed by atoms with van der Waals surface area (Å²) in [5.41, 5.74) is 1.19. The minimum Gasteiger partial charge on any atom is -0.480 e. The summed E-state index contributed by atoms with van der Waals surface area (Å²) in [7, 11) is 0. The van der Waals surface area contributed by atoms with E-state index in [0.717, 1.165) is 56.4 Å².